The summed E-state index contributed by atoms with van der Waals surface area (Å²) in [6, 6.07) is 8.30. The van der Waals surface area contributed by atoms with Crippen molar-refractivity contribution in [1.29, 1.82) is 0 Å². The molecule has 2 amide bonds. The minimum absolute atomic E-state index is 0.000736. The van der Waals surface area contributed by atoms with Crippen molar-refractivity contribution in [3.63, 3.8) is 0 Å². The number of urea groups is 1. The number of benzene rings is 1. The number of carbonyl (C=O) groups is 1. The molecule has 0 aromatic heterocycles. The number of fused-ring (bicyclic) bond motifs is 1. The van der Waals surface area contributed by atoms with Gasteiger partial charge in [0.1, 0.15) is 17.5 Å². The second-order valence-corrected chi connectivity index (χ2v) is 8.31. The zero-order chi connectivity index (χ0) is 18.1. The van der Waals surface area contributed by atoms with E-state index >= 15 is 0 Å². The molecular weight excluding hydrogens is 331 g/mol. The molecule has 0 bridgehead atoms. The van der Waals surface area contributed by atoms with Gasteiger partial charge in [0.2, 0.25) is 0 Å². The standard InChI is InChI=1S/C21H29FN2O2/c1-15(16-6-8-18(22)9-7-16)23-20(25)24-13-12-21(14-24)11-10-17-4-2-3-5-19(17)26-21/h2-5,15-16,18H,6-14H2,1H3,(H,23,25). The second-order valence-electron chi connectivity index (χ2n) is 8.31. The van der Waals surface area contributed by atoms with Crippen molar-refractivity contribution in [3.8, 4) is 5.75 Å². The molecule has 2 atom stereocenters. The number of nitrogens with zero attached hydrogens (tertiary/aromatic N) is 1. The molecule has 1 aromatic rings. The molecule has 1 spiro atoms. The topological polar surface area (TPSA) is 41.6 Å². The van der Waals surface area contributed by atoms with Crippen LogP contribution in [0.5, 0.6) is 5.75 Å². The van der Waals surface area contributed by atoms with Gasteiger partial charge in [-0.1, -0.05) is 18.2 Å². The van der Waals surface area contributed by atoms with Crippen molar-refractivity contribution in [3.05, 3.63) is 29.8 Å². The Morgan fingerprint density at radius 2 is 2.04 bits per heavy atom. The molecule has 1 saturated carbocycles. The highest BCUT2D eigenvalue weighted by atomic mass is 19.1. The van der Waals surface area contributed by atoms with Crippen LogP contribution in [0.1, 0.15) is 51.0 Å². The Bertz CT molecular complexity index is 659. The molecule has 4 rings (SSSR count). The van der Waals surface area contributed by atoms with Crippen molar-refractivity contribution in [2.45, 2.75) is 69.7 Å². The van der Waals surface area contributed by atoms with Crippen molar-refractivity contribution < 1.29 is 13.9 Å². The number of carbonyl (C=O) groups excluding carboxylic acids is 1. The van der Waals surface area contributed by atoms with Gasteiger partial charge in [-0.2, -0.15) is 0 Å². The van der Waals surface area contributed by atoms with E-state index in [0.717, 1.165) is 44.4 Å². The van der Waals surface area contributed by atoms with Crippen LogP contribution < -0.4 is 10.1 Å². The van der Waals surface area contributed by atoms with Gasteiger partial charge in [-0.15, -0.1) is 0 Å². The summed E-state index contributed by atoms with van der Waals surface area (Å²) in [5, 5.41) is 3.16. The van der Waals surface area contributed by atoms with Gasteiger partial charge in [-0.25, -0.2) is 9.18 Å². The van der Waals surface area contributed by atoms with E-state index in [2.05, 4.69) is 18.3 Å². The van der Waals surface area contributed by atoms with Gasteiger partial charge in [0, 0.05) is 19.0 Å². The molecule has 0 radical (unpaired) electrons. The number of likely N-dealkylation sites (tertiary alicyclic amines) is 1. The maximum Gasteiger partial charge on any atom is 0.317 e. The Balaban J connectivity index is 1.33. The van der Waals surface area contributed by atoms with Crippen molar-refractivity contribution in [1.82, 2.24) is 10.2 Å². The molecule has 1 aliphatic carbocycles. The van der Waals surface area contributed by atoms with Crippen LogP contribution in [-0.2, 0) is 6.42 Å². The van der Waals surface area contributed by atoms with Crippen molar-refractivity contribution in [2.24, 2.45) is 5.92 Å². The first-order chi connectivity index (χ1) is 12.5. The summed E-state index contributed by atoms with van der Waals surface area (Å²) in [7, 11) is 0. The number of nitrogens with one attached hydrogen (secondary N) is 1. The minimum atomic E-state index is -0.654. The van der Waals surface area contributed by atoms with Gasteiger partial charge in [0.15, 0.2) is 0 Å². The predicted octanol–water partition coefficient (Wildman–Crippen LogP) is 4.08. The minimum Gasteiger partial charge on any atom is -0.485 e. The molecular formula is C21H29FN2O2. The molecule has 4 nitrogen and oxygen atoms in total. The smallest absolute Gasteiger partial charge is 0.317 e. The van der Waals surface area contributed by atoms with Crippen molar-refractivity contribution >= 4 is 6.03 Å². The summed E-state index contributed by atoms with van der Waals surface area (Å²) < 4.78 is 19.7. The van der Waals surface area contributed by atoms with E-state index < -0.39 is 6.17 Å². The Morgan fingerprint density at radius 3 is 2.85 bits per heavy atom. The SMILES string of the molecule is CC(NC(=O)N1CCC2(CCc3ccccc3O2)C1)C1CCC(F)CC1. The maximum absolute atomic E-state index is 13.3. The van der Waals surface area contributed by atoms with Gasteiger partial charge < -0.3 is 15.0 Å². The van der Waals surface area contributed by atoms with Gasteiger partial charge in [-0.05, 0) is 63.0 Å². The summed E-state index contributed by atoms with van der Waals surface area (Å²) in [5.41, 5.74) is 1.03. The Kier molecular flexibility index (Phi) is 4.80. The first-order valence-corrected chi connectivity index (χ1v) is 10.0. The van der Waals surface area contributed by atoms with Crippen LogP contribution in [0.2, 0.25) is 0 Å². The van der Waals surface area contributed by atoms with Crippen LogP contribution in [0.3, 0.4) is 0 Å². The number of hydrogen-bond donors (Lipinski definition) is 1. The zero-order valence-corrected chi connectivity index (χ0v) is 15.5. The normalized spacial score (nSPS) is 32.0. The van der Waals surface area contributed by atoms with Crippen LogP contribution in [-0.4, -0.2) is 41.8 Å². The number of alkyl halides is 1. The second kappa shape index (κ2) is 7.09. The van der Waals surface area contributed by atoms with E-state index in [-0.39, 0.29) is 17.7 Å². The van der Waals surface area contributed by atoms with E-state index in [1.54, 1.807) is 0 Å². The molecule has 1 N–H and O–H groups in total. The number of para-hydroxylation sites is 1. The zero-order valence-electron chi connectivity index (χ0n) is 15.5. The lowest BCUT2D eigenvalue weighted by molar-refractivity contribution is 0.0572. The molecule has 2 aliphatic heterocycles. The van der Waals surface area contributed by atoms with Gasteiger partial charge in [0.05, 0.1) is 6.54 Å². The number of amides is 2. The monoisotopic (exact) mass is 360 g/mol. The fourth-order valence-corrected chi connectivity index (χ4v) is 4.74. The van der Waals surface area contributed by atoms with Crippen LogP contribution in [0.15, 0.2) is 24.3 Å². The third-order valence-electron chi connectivity index (χ3n) is 6.51. The molecule has 5 heteroatoms. The summed E-state index contributed by atoms with van der Waals surface area (Å²) in [6.45, 7) is 3.44. The van der Waals surface area contributed by atoms with Gasteiger partial charge >= 0.3 is 6.03 Å². The largest absolute Gasteiger partial charge is 0.485 e. The molecule has 142 valence electrons. The summed E-state index contributed by atoms with van der Waals surface area (Å²) in [4.78, 5) is 14.6. The van der Waals surface area contributed by atoms with E-state index in [1.165, 1.54) is 5.56 Å². The van der Waals surface area contributed by atoms with E-state index in [0.29, 0.717) is 25.3 Å². The van der Waals surface area contributed by atoms with Crippen LogP contribution >= 0.6 is 0 Å². The Labute approximate surface area is 155 Å². The summed E-state index contributed by atoms with van der Waals surface area (Å²) >= 11 is 0. The Hall–Kier alpha value is -1.78. The number of ether oxygens (including phenoxy) is 1. The van der Waals surface area contributed by atoms with Crippen LogP contribution in [0.4, 0.5) is 9.18 Å². The quantitative estimate of drug-likeness (QED) is 0.863. The first-order valence-electron chi connectivity index (χ1n) is 10.0. The lowest BCUT2D eigenvalue weighted by Gasteiger charge is -2.36. The molecule has 26 heavy (non-hydrogen) atoms. The van der Waals surface area contributed by atoms with E-state index in [4.69, 9.17) is 4.74 Å². The molecule has 1 aromatic carbocycles. The first kappa shape index (κ1) is 17.6. The summed E-state index contributed by atoms with van der Waals surface area (Å²) in [5.74, 6) is 1.36. The predicted molar refractivity (Wildman–Crippen MR) is 99.2 cm³/mol. The highest BCUT2D eigenvalue weighted by Crippen LogP contribution is 2.38. The number of hydrogen-bond acceptors (Lipinski definition) is 2. The van der Waals surface area contributed by atoms with Gasteiger partial charge in [-0.3, -0.25) is 0 Å². The van der Waals surface area contributed by atoms with Crippen LogP contribution in [0, 0.1) is 5.92 Å². The highest BCUT2D eigenvalue weighted by molar-refractivity contribution is 5.75. The molecule has 2 fully saturated rings. The summed E-state index contributed by atoms with van der Waals surface area (Å²) in [6.07, 6.45) is 5.20. The number of rotatable bonds is 2. The number of halogens is 1. The van der Waals surface area contributed by atoms with E-state index in [9.17, 15) is 9.18 Å². The maximum atomic E-state index is 13.3. The third-order valence-corrected chi connectivity index (χ3v) is 6.51. The lowest BCUT2D eigenvalue weighted by Crippen LogP contribution is -2.49. The molecule has 3 aliphatic rings. The average Bonchev–Trinajstić information content (AvgIpc) is 3.05. The highest BCUT2D eigenvalue weighted by Gasteiger charge is 2.44. The third kappa shape index (κ3) is 3.53. The Morgan fingerprint density at radius 1 is 1.27 bits per heavy atom. The van der Waals surface area contributed by atoms with Crippen molar-refractivity contribution in [2.75, 3.05) is 13.1 Å². The van der Waals surface area contributed by atoms with Gasteiger partial charge in [0.25, 0.3) is 0 Å². The molecule has 2 heterocycles. The fraction of sp³-hybridized carbons (Fsp3) is 0.667. The lowest BCUT2D eigenvalue weighted by atomic mass is 9.84. The number of aryl methyl sites for hydroxylation is 1. The average molecular weight is 360 g/mol. The van der Waals surface area contributed by atoms with Crippen LogP contribution in [0.25, 0.3) is 0 Å². The molecule has 2 unspecified atom stereocenters. The molecule has 1 saturated heterocycles. The van der Waals surface area contributed by atoms with E-state index in [1.807, 2.05) is 23.1 Å². The fourth-order valence-electron chi connectivity index (χ4n) is 4.74.